The largest absolute Gasteiger partial charge is 0.359 e. The number of ether oxygens (including phenoxy) is 2. The summed E-state index contributed by atoms with van der Waals surface area (Å²) in [4.78, 5) is 9.76. The van der Waals surface area contributed by atoms with Crippen LogP contribution in [-0.4, -0.2) is 26.8 Å². The van der Waals surface area contributed by atoms with E-state index >= 15 is 0 Å². The molecule has 0 fully saturated rings. The number of hydrogen-bond donors (Lipinski definition) is 0. The Bertz CT molecular complexity index is 83.4. The van der Waals surface area contributed by atoms with Gasteiger partial charge in [-0.3, -0.25) is 4.79 Å². The van der Waals surface area contributed by atoms with Crippen LogP contribution in [0.15, 0.2) is 0 Å². The number of rotatable bonds is 8. The first kappa shape index (κ1) is 10.6. The van der Waals surface area contributed by atoms with Gasteiger partial charge in [0.15, 0.2) is 6.29 Å². The minimum atomic E-state index is 0.361. The van der Waals surface area contributed by atoms with Gasteiger partial charge in [-0.15, -0.1) is 0 Å². The molecule has 0 saturated carbocycles. The zero-order valence-corrected chi connectivity index (χ0v) is 6.97. The van der Waals surface area contributed by atoms with Crippen LogP contribution in [0.4, 0.5) is 0 Å². The van der Waals surface area contributed by atoms with E-state index in [0.717, 1.165) is 19.3 Å². The number of methoxy groups -OCH3 is 1. The second kappa shape index (κ2) is 9.59. The van der Waals surface area contributed by atoms with E-state index in [1.54, 1.807) is 7.11 Å². The van der Waals surface area contributed by atoms with Crippen LogP contribution in [-0.2, 0) is 14.3 Å². The van der Waals surface area contributed by atoms with Crippen LogP contribution < -0.4 is 0 Å². The molecule has 0 bridgehead atoms. The maximum atomic E-state index is 9.76. The fraction of sp³-hybridized carbons (Fsp3) is 0.875. The molecule has 0 aromatic carbocycles. The normalized spacial score (nSPS) is 9.91. The van der Waals surface area contributed by atoms with E-state index in [0.29, 0.717) is 19.8 Å². The molecule has 0 aromatic rings. The van der Waals surface area contributed by atoms with E-state index < -0.39 is 0 Å². The van der Waals surface area contributed by atoms with Gasteiger partial charge in [-0.1, -0.05) is 6.42 Å². The van der Waals surface area contributed by atoms with Crippen LogP contribution >= 0.6 is 0 Å². The van der Waals surface area contributed by atoms with Crippen molar-refractivity contribution < 1.29 is 14.3 Å². The molecule has 0 saturated heterocycles. The quantitative estimate of drug-likeness (QED) is 0.395. The topological polar surface area (TPSA) is 35.5 Å². The van der Waals surface area contributed by atoms with Gasteiger partial charge in [-0.2, -0.15) is 0 Å². The summed E-state index contributed by atoms with van der Waals surface area (Å²) >= 11 is 0. The molecule has 0 amide bonds. The Balaban J connectivity index is 2.74. The number of unbranched alkanes of at least 4 members (excludes halogenated alkanes) is 3. The fourth-order valence-corrected chi connectivity index (χ4v) is 0.720. The molecule has 1 radical (unpaired) electrons. The minimum Gasteiger partial charge on any atom is -0.359 e. The van der Waals surface area contributed by atoms with E-state index in [2.05, 4.69) is 4.74 Å². The molecule has 3 nitrogen and oxygen atoms in total. The minimum absolute atomic E-state index is 0.361. The second-order valence-electron chi connectivity index (χ2n) is 2.27. The molecule has 3 heteroatoms. The van der Waals surface area contributed by atoms with Crippen LogP contribution in [0, 0.1) is 0 Å². The van der Waals surface area contributed by atoms with Crippen molar-refractivity contribution in [3.05, 3.63) is 0 Å². The lowest BCUT2D eigenvalue weighted by Crippen LogP contribution is -1.98. The molecule has 11 heavy (non-hydrogen) atoms. The first-order valence-electron chi connectivity index (χ1n) is 3.83. The van der Waals surface area contributed by atoms with Crippen molar-refractivity contribution in [2.24, 2.45) is 0 Å². The van der Waals surface area contributed by atoms with Crippen LogP contribution in [0.2, 0.25) is 0 Å². The molecule has 65 valence electrons. The van der Waals surface area contributed by atoms with Crippen molar-refractivity contribution in [3.63, 3.8) is 0 Å². The van der Waals surface area contributed by atoms with Gasteiger partial charge in [0.1, 0.15) is 6.79 Å². The highest BCUT2D eigenvalue weighted by Crippen LogP contribution is 1.97. The van der Waals surface area contributed by atoms with Crippen molar-refractivity contribution in [2.75, 3.05) is 20.5 Å². The van der Waals surface area contributed by atoms with E-state index in [1.807, 2.05) is 6.29 Å². The van der Waals surface area contributed by atoms with Gasteiger partial charge >= 0.3 is 0 Å². The summed E-state index contributed by atoms with van der Waals surface area (Å²) in [7, 11) is 1.60. The first-order chi connectivity index (χ1) is 5.41. The zero-order chi connectivity index (χ0) is 8.36. The van der Waals surface area contributed by atoms with Crippen LogP contribution in [0.25, 0.3) is 0 Å². The van der Waals surface area contributed by atoms with Crippen molar-refractivity contribution in [3.8, 4) is 0 Å². The zero-order valence-electron chi connectivity index (χ0n) is 6.97. The maximum absolute atomic E-state index is 9.76. The highest BCUT2D eigenvalue weighted by molar-refractivity contribution is 5.50. The lowest BCUT2D eigenvalue weighted by Gasteiger charge is -2.00. The Morgan fingerprint density at radius 1 is 1.27 bits per heavy atom. The SMILES string of the molecule is COCOCCCCC[C]=O. The number of carbonyl (C=O) groups excluding carboxylic acids is 1. The molecular weight excluding hydrogens is 144 g/mol. The van der Waals surface area contributed by atoms with Gasteiger partial charge in [0.2, 0.25) is 0 Å². The molecule has 0 aliphatic heterocycles. The second-order valence-corrected chi connectivity index (χ2v) is 2.27. The molecule has 0 spiro atoms. The van der Waals surface area contributed by atoms with Gasteiger partial charge in [0.05, 0.1) is 0 Å². The summed E-state index contributed by atoms with van der Waals surface area (Å²) in [5.74, 6) is 0. The average molecular weight is 159 g/mol. The molecule has 0 aliphatic carbocycles. The molecule has 0 heterocycles. The van der Waals surface area contributed by atoms with Gasteiger partial charge in [-0.25, -0.2) is 0 Å². The maximum Gasteiger partial charge on any atom is 0.198 e. The third kappa shape index (κ3) is 9.59. The molecule has 0 aliphatic rings. The van der Waals surface area contributed by atoms with E-state index in [9.17, 15) is 4.79 Å². The Labute approximate surface area is 67.7 Å². The summed E-state index contributed by atoms with van der Waals surface area (Å²) in [6.07, 6.45) is 5.33. The Morgan fingerprint density at radius 2 is 2.09 bits per heavy atom. The highest BCUT2D eigenvalue weighted by atomic mass is 16.7. The summed E-state index contributed by atoms with van der Waals surface area (Å²) in [5.41, 5.74) is 0. The Kier molecular flexibility index (Phi) is 9.23. The third-order valence-electron chi connectivity index (χ3n) is 1.27. The summed E-state index contributed by atoms with van der Waals surface area (Å²) < 4.78 is 9.73. The summed E-state index contributed by atoms with van der Waals surface area (Å²) in [6.45, 7) is 1.08. The average Bonchev–Trinajstić information content (AvgIpc) is 2.03. The van der Waals surface area contributed by atoms with Crippen molar-refractivity contribution in [1.29, 1.82) is 0 Å². The molecular formula is C8H15O3. The first-order valence-corrected chi connectivity index (χ1v) is 3.83. The van der Waals surface area contributed by atoms with Crippen LogP contribution in [0.5, 0.6) is 0 Å². The molecule has 0 aromatic heterocycles. The van der Waals surface area contributed by atoms with Crippen molar-refractivity contribution in [1.82, 2.24) is 0 Å². The Hall–Kier alpha value is -0.410. The standard InChI is InChI=1S/C8H15O3/c1-10-8-11-7-5-3-2-4-6-9/h2-5,7-8H2,1H3. The summed E-state index contributed by atoms with van der Waals surface area (Å²) in [6, 6.07) is 0. The fourth-order valence-electron chi connectivity index (χ4n) is 0.720. The third-order valence-corrected chi connectivity index (χ3v) is 1.27. The lowest BCUT2D eigenvalue weighted by molar-refractivity contribution is -0.0315. The molecule has 0 rings (SSSR count). The smallest absolute Gasteiger partial charge is 0.198 e. The lowest BCUT2D eigenvalue weighted by atomic mass is 10.2. The monoisotopic (exact) mass is 159 g/mol. The predicted molar refractivity (Wildman–Crippen MR) is 42.0 cm³/mol. The van der Waals surface area contributed by atoms with Crippen molar-refractivity contribution >= 4 is 6.29 Å². The van der Waals surface area contributed by atoms with E-state index in [1.165, 1.54) is 0 Å². The van der Waals surface area contributed by atoms with Gasteiger partial charge in [-0.05, 0) is 12.8 Å². The van der Waals surface area contributed by atoms with Gasteiger partial charge < -0.3 is 9.47 Å². The number of hydrogen-bond acceptors (Lipinski definition) is 3. The van der Waals surface area contributed by atoms with E-state index in [4.69, 9.17) is 4.74 Å². The van der Waals surface area contributed by atoms with Crippen LogP contribution in [0.1, 0.15) is 25.7 Å². The summed E-state index contributed by atoms with van der Waals surface area (Å²) in [5, 5.41) is 0. The molecule has 0 N–H and O–H groups in total. The molecule has 0 atom stereocenters. The van der Waals surface area contributed by atoms with Crippen LogP contribution in [0.3, 0.4) is 0 Å². The molecule has 0 unspecified atom stereocenters. The van der Waals surface area contributed by atoms with Gasteiger partial charge in [0, 0.05) is 20.1 Å². The van der Waals surface area contributed by atoms with E-state index in [-0.39, 0.29) is 0 Å². The highest BCUT2D eigenvalue weighted by Gasteiger charge is 1.89. The Morgan fingerprint density at radius 3 is 2.73 bits per heavy atom. The van der Waals surface area contributed by atoms with Gasteiger partial charge in [0.25, 0.3) is 0 Å². The van der Waals surface area contributed by atoms with Crippen molar-refractivity contribution in [2.45, 2.75) is 25.7 Å². The predicted octanol–water partition coefficient (Wildman–Crippen LogP) is 1.28.